The van der Waals surface area contributed by atoms with Crippen LogP contribution in [-0.4, -0.2) is 13.3 Å². The summed E-state index contributed by atoms with van der Waals surface area (Å²) in [5.41, 5.74) is 2.87. The minimum Gasteiger partial charge on any atom is -0.505 e. The Balaban J connectivity index is 2.33. The highest BCUT2D eigenvalue weighted by Gasteiger charge is 2.21. The van der Waals surface area contributed by atoms with Gasteiger partial charge < -0.3 is 4.65 Å². The Morgan fingerprint density at radius 3 is 1.82 bits per heavy atom. The largest absolute Gasteiger partial charge is 0.796 e. The Kier molecular flexibility index (Phi) is 5.10. The van der Waals surface area contributed by atoms with Gasteiger partial charge in [0.25, 0.3) is 0 Å². The average Bonchev–Trinajstić information content (AvgIpc) is 2.47. The van der Waals surface area contributed by atoms with Gasteiger partial charge in [0, 0.05) is 17.2 Å². The van der Waals surface area contributed by atoms with E-state index >= 15 is 0 Å². The fourth-order valence-electron chi connectivity index (χ4n) is 1.92. The molecule has 0 aromatic heterocycles. The number of halogens is 2. The molecule has 0 aliphatic rings. The zero-order valence-electron chi connectivity index (χ0n) is 12.3. The molecular formula is C17H15BF2O2. The Bertz CT molecular complexity index is 677. The van der Waals surface area contributed by atoms with E-state index in [9.17, 15) is 13.4 Å². The molecule has 0 radical (unpaired) electrons. The van der Waals surface area contributed by atoms with Crippen LogP contribution in [0.2, 0.25) is 0 Å². The first-order chi connectivity index (χ1) is 10.5. The number of carbonyl (C=O) groups excluding carboxylic acids is 1. The maximum atomic E-state index is 12.6. The van der Waals surface area contributed by atoms with Crippen LogP contribution in [0.1, 0.15) is 27.0 Å². The molecule has 0 saturated carbocycles. The second-order valence-corrected chi connectivity index (χ2v) is 4.98. The molecule has 0 saturated heterocycles. The van der Waals surface area contributed by atoms with Crippen LogP contribution in [0.15, 0.2) is 54.6 Å². The van der Waals surface area contributed by atoms with E-state index in [4.69, 9.17) is 0 Å². The molecule has 5 heteroatoms. The van der Waals surface area contributed by atoms with Crippen molar-refractivity contribution >= 4 is 19.0 Å². The van der Waals surface area contributed by atoms with Crippen molar-refractivity contribution in [2.24, 2.45) is 0 Å². The van der Waals surface area contributed by atoms with Crippen molar-refractivity contribution in [1.29, 1.82) is 0 Å². The van der Waals surface area contributed by atoms with Gasteiger partial charge in [0.2, 0.25) is 0 Å². The Morgan fingerprint density at radius 1 is 0.909 bits per heavy atom. The maximum Gasteiger partial charge on any atom is 0.796 e. The van der Waals surface area contributed by atoms with Gasteiger partial charge in [-0.05, 0) is 13.8 Å². The number of rotatable bonds is 5. The van der Waals surface area contributed by atoms with E-state index < -0.39 is 7.47 Å². The molecule has 0 fully saturated rings. The molecule has 0 N–H and O–H groups in total. The molecule has 0 amide bonds. The molecule has 2 rings (SSSR count). The van der Waals surface area contributed by atoms with Gasteiger partial charge in [-0.3, -0.25) is 4.79 Å². The fraction of sp³-hybridized carbons (Fsp3) is 0.118. The summed E-state index contributed by atoms with van der Waals surface area (Å²) in [6.45, 7) is 3.79. The van der Waals surface area contributed by atoms with E-state index in [1.807, 2.05) is 13.8 Å². The smallest absolute Gasteiger partial charge is 0.505 e. The molecule has 0 bridgehead atoms. The third-order valence-corrected chi connectivity index (χ3v) is 3.15. The average molecular weight is 300 g/mol. The van der Waals surface area contributed by atoms with Crippen molar-refractivity contribution in [3.63, 3.8) is 0 Å². The summed E-state index contributed by atoms with van der Waals surface area (Å²) in [5.74, 6) is -0.517. The molecule has 0 spiro atoms. The van der Waals surface area contributed by atoms with E-state index in [1.165, 1.54) is 0 Å². The van der Waals surface area contributed by atoms with Crippen molar-refractivity contribution in [2.45, 2.75) is 13.8 Å². The van der Waals surface area contributed by atoms with Gasteiger partial charge in [-0.25, -0.2) is 8.63 Å². The summed E-state index contributed by atoms with van der Waals surface area (Å²) in [4.78, 5) is 12.2. The molecule has 0 aliphatic carbocycles. The van der Waals surface area contributed by atoms with E-state index in [0.29, 0.717) is 11.1 Å². The van der Waals surface area contributed by atoms with Crippen LogP contribution < -0.4 is 0 Å². The SMILES string of the molecule is Cc1ccc(C(=O)/C=C(\OB(F)F)c2ccc(C)cc2)cc1. The minimum absolute atomic E-state index is 0.138. The lowest BCUT2D eigenvalue weighted by atomic mass is 10.1. The monoisotopic (exact) mass is 300 g/mol. The Hall–Kier alpha value is -2.43. The zero-order chi connectivity index (χ0) is 16.1. The van der Waals surface area contributed by atoms with E-state index in [2.05, 4.69) is 4.65 Å². The molecule has 0 unspecified atom stereocenters. The highest BCUT2D eigenvalue weighted by molar-refractivity contribution is 6.36. The van der Waals surface area contributed by atoms with Crippen molar-refractivity contribution in [3.05, 3.63) is 76.9 Å². The normalized spacial score (nSPS) is 11.2. The number of benzene rings is 2. The molecule has 112 valence electrons. The summed E-state index contributed by atoms with van der Waals surface area (Å²) < 4.78 is 29.7. The fourth-order valence-corrected chi connectivity index (χ4v) is 1.92. The highest BCUT2D eigenvalue weighted by Crippen LogP contribution is 2.20. The van der Waals surface area contributed by atoms with Crippen LogP contribution in [0.3, 0.4) is 0 Å². The topological polar surface area (TPSA) is 26.3 Å². The summed E-state index contributed by atoms with van der Waals surface area (Å²) in [6, 6.07) is 13.7. The molecule has 2 nitrogen and oxygen atoms in total. The predicted molar refractivity (Wildman–Crippen MR) is 83.7 cm³/mol. The number of hydrogen-bond donors (Lipinski definition) is 0. The summed E-state index contributed by atoms with van der Waals surface area (Å²) in [6.07, 6.45) is 1.10. The molecule has 0 aliphatic heterocycles. The Morgan fingerprint density at radius 2 is 1.36 bits per heavy atom. The van der Waals surface area contributed by atoms with E-state index in [0.717, 1.165) is 17.2 Å². The van der Waals surface area contributed by atoms with Crippen LogP contribution in [0.4, 0.5) is 8.63 Å². The van der Waals surface area contributed by atoms with Gasteiger partial charge in [0.1, 0.15) is 5.76 Å². The number of aryl methyl sites for hydroxylation is 2. The third-order valence-electron chi connectivity index (χ3n) is 3.15. The molecule has 0 atom stereocenters. The second kappa shape index (κ2) is 7.03. The second-order valence-electron chi connectivity index (χ2n) is 4.98. The lowest BCUT2D eigenvalue weighted by molar-refractivity contribution is 0.104. The first-order valence-corrected chi connectivity index (χ1v) is 6.80. The van der Waals surface area contributed by atoms with E-state index in [1.54, 1.807) is 48.5 Å². The van der Waals surface area contributed by atoms with Crippen molar-refractivity contribution in [3.8, 4) is 0 Å². The summed E-state index contributed by atoms with van der Waals surface area (Å²) in [5, 5.41) is 0. The lowest BCUT2D eigenvalue weighted by Gasteiger charge is -2.09. The number of hydrogen-bond acceptors (Lipinski definition) is 2. The van der Waals surface area contributed by atoms with Gasteiger partial charge in [0.15, 0.2) is 5.78 Å². The van der Waals surface area contributed by atoms with E-state index in [-0.39, 0.29) is 11.5 Å². The highest BCUT2D eigenvalue weighted by atomic mass is 19.2. The first-order valence-electron chi connectivity index (χ1n) is 6.80. The van der Waals surface area contributed by atoms with Crippen LogP contribution in [0, 0.1) is 13.8 Å². The first kappa shape index (κ1) is 16.0. The molecule has 22 heavy (non-hydrogen) atoms. The lowest BCUT2D eigenvalue weighted by Crippen LogP contribution is -2.06. The van der Waals surface area contributed by atoms with Crippen LogP contribution in [0.5, 0.6) is 0 Å². The molecule has 0 heterocycles. The van der Waals surface area contributed by atoms with Crippen molar-refractivity contribution < 1.29 is 18.1 Å². The predicted octanol–water partition coefficient (Wildman–Crippen LogP) is 4.47. The quantitative estimate of drug-likeness (QED) is 0.352. The molecular weight excluding hydrogens is 285 g/mol. The summed E-state index contributed by atoms with van der Waals surface area (Å²) >= 11 is 0. The van der Waals surface area contributed by atoms with Crippen LogP contribution in [0.25, 0.3) is 5.76 Å². The van der Waals surface area contributed by atoms with Crippen LogP contribution >= 0.6 is 0 Å². The standard InChI is InChI=1S/C17H15BF2O2/c1-12-3-7-14(8-4-12)16(21)11-17(22-18(19)20)15-9-5-13(2)6-10-15/h3-11H,1-2H3/b17-11-. The summed E-state index contributed by atoms with van der Waals surface area (Å²) in [7, 11) is -2.99. The zero-order valence-corrected chi connectivity index (χ0v) is 12.3. The minimum atomic E-state index is -2.99. The van der Waals surface area contributed by atoms with Gasteiger partial charge >= 0.3 is 7.47 Å². The number of carbonyl (C=O) groups is 1. The van der Waals surface area contributed by atoms with Crippen molar-refractivity contribution in [2.75, 3.05) is 0 Å². The van der Waals surface area contributed by atoms with Crippen molar-refractivity contribution in [1.82, 2.24) is 0 Å². The van der Waals surface area contributed by atoms with Gasteiger partial charge in [0.05, 0.1) is 0 Å². The number of allylic oxidation sites excluding steroid dienone is 1. The van der Waals surface area contributed by atoms with Crippen LogP contribution in [-0.2, 0) is 4.65 Å². The number of ketones is 1. The Labute approximate surface area is 128 Å². The molecule has 2 aromatic carbocycles. The van der Waals surface area contributed by atoms with Gasteiger partial charge in [-0.15, -0.1) is 0 Å². The third kappa shape index (κ3) is 4.28. The van der Waals surface area contributed by atoms with Gasteiger partial charge in [-0.2, -0.15) is 0 Å². The molecule has 2 aromatic rings. The van der Waals surface area contributed by atoms with Gasteiger partial charge in [-0.1, -0.05) is 59.7 Å². The maximum absolute atomic E-state index is 12.6.